The highest BCUT2D eigenvalue weighted by Gasteiger charge is 2.23. The quantitative estimate of drug-likeness (QED) is 0.621. The zero-order chi connectivity index (χ0) is 16.9. The van der Waals surface area contributed by atoms with E-state index in [1.165, 1.54) is 17.4 Å². The van der Waals surface area contributed by atoms with Gasteiger partial charge in [-0.15, -0.1) is 35.1 Å². The Morgan fingerprint density at radius 2 is 2.04 bits per heavy atom. The van der Waals surface area contributed by atoms with Crippen molar-refractivity contribution >= 4 is 51.0 Å². The third-order valence-corrected chi connectivity index (χ3v) is 6.39. The second kappa shape index (κ2) is 9.50. The number of thiophene rings is 2. The van der Waals surface area contributed by atoms with E-state index in [1.807, 2.05) is 24.4 Å². The van der Waals surface area contributed by atoms with Crippen LogP contribution in [0.15, 0.2) is 33.9 Å². The predicted molar refractivity (Wildman–Crippen MR) is 101 cm³/mol. The lowest BCUT2D eigenvalue weighted by molar-refractivity contribution is 0.0954. The fraction of sp³-hybridized carbons (Fsp3) is 0.357. The lowest BCUT2D eigenvalue weighted by Crippen LogP contribution is -2.30. The van der Waals surface area contributed by atoms with Crippen LogP contribution in [0.4, 0.5) is 0 Å². The molecule has 2 aromatic heterocycles. The van der Waals surface area contributed by atoms with Gasteiger partial charge in [0, 0.05) is 24.0 Å². The second-order valence-corrected chi connectivity index (χ2v) is 8.72. The van der Waals surface area contributed by atoms with Crippen LogP contribution in [0.25, 0.3) is 0 Å². The fourth-order valence-corrected chi connectivity index (χ4v) is 4.91. The van der Waals surface area contributed by atoms with Crippen molar-refractivity contribution < 1.29 is 13.2 Å². The number of sulfonamides is 1. The van der Waals surface area contributed by atoms with Crippen LogP contribution in [0.3, 0.4) is 0 Å². The van der Waals surface area contributed by atoms with Crippen molar-refractivity contribution in [3.8, 4) is 0 Å². The Kier molecular flexibility index (Phi) is 8.34. The number of amides is 1. The van der Waals surface area contributed by atoms with E-state index < -0.39 is 15.9 Å². The zero-order valence-corrected chi connectivity index (χ0v) is 16.3. The monoisotopic (exact) mass is 409 g/mol. The van der Waals surface area contributed by atoms with Gasteiger partial charge in [0.15, 0.2) is 0 Å². The van der Waals surface area contributed by atoms with Gasteiger partial charge < -0.3 is 11.1 Å². The third-order valence-electron chi connectivity index (χ3n) is 3.03. The molecule has 6 nitrogen and oxygen atoms in total. The van der Waals surface area contributed by atoms with E-state index in [1.54, 1.807) is 5.38 Å². The van der Waals surface area contributed by atoms with Gasteiger partial charge in [-0.25, -0.2) is 13.1 Å². The molecule has 134 valence electrons. The Hall–Kier alpha value is -0.970. The van der Waals surface area contributed by atoms with E-state index >= 15 is 0 Å². The van der Waals surface area contributed by atoms with E-state index in [0.29, 0.717) is 13.0 Å². The van der Waals surface area contributed by atoms with Crippen molar-refractivity contribution in [2.24, 2.45) is 5.73 Å². The standard InChI is InChI=1S/C14H19N3O3S3.ClH/c1-10(15)4-6-16-14(18)13-12(5-8-22-13)23(19,20)17-9-11-3-2-7-21-11;/h2-3,5,7-8,10,17H,4,6,9,15H2,1H3,(H,16,18);1H. The molecule has 1 unspecified atom stereocenters. The molecule has 2 aromatic rings. The number of rotatable bonds is 8. The minimum atomic E-state index is -3.73. The van der Waals surface area contributed by atoms with Gasteiger partial charge in [0.2, 0.25) is 10.0 Å². The molecular weight excluding hydrogens is 390 g/mol. The summed E-state index contributed by atoms with van der Waals surface area (Å²) in [5.41, 5.74) is 5.63. The number of carbonyl (C=O) groups excluding carboxylic acids is 1. The van der Waals surface area contributed by atoms with E-state index in [2.05, 4.69) is 10.0 Å². The fourth-order valence-electron chi connectivity index (χ4n) is 1.83. The number of hydrogen-bond acceptors (Lipinski definition) is 6. The first-order valence-corrected chi connectivity index (χ1v) is 10.3. The maximum Gasteiger partial charge on any atom is 0.262 e. The summed E-state index contributed by atoms with van der Waals surface area (Å²) in [6.45, 7) is 2.47. The molecule has 0 aliphatic rings. The summed E-state index contributed by atoms with van der Waals surface area (Å²) in [7, 11) is -3.73. The molecule has 4 N–H and O–H groups in total. The summed E-state index contributed by atoms with van der Waals surface area (Å²) < 4.78 is 27.3. The number of carbonyl (C=O) groups is 1. The zero-order valence-electron chi connectivity index (χ0n) is 13.0. The minimum absolute atomic E-state index is 0. The molecule has 1 atom stereocenters. The first-order chi connectivity index (χ1) is 10.9. The van der Waals surface area contributed by atoms with Gasteiger partial charge in [-0.2, -0.15) is 0 Å². The van der Waals surface area contributed by atoms with Gasteiger partial charge in [-0.3, -0.25) is 4.79 Å². The summed E-state index contributed by atoms with van der Waals surface area (Å²) in [5, 5.41) is 6.18. The van der Waals surface area contributed by atoms with Gasteiger partial charge >= 0.3 is 0 Å². The topological polar surface area (TPSA) is 101 Å². The lowest BCUT2D eigenvalue weighted by atomic mass is 10.2. The van der Waals surface area contributed by atoms with E-state index in [4.69, 9.17) is 5.73 Å². The molecule has 24 heavy (non-hydrogen) atoms. The van der Waals surface area contributed by atoms with Crippen molar-refractivity contribution in [3.05, 3.63) is 38.7 Å². The molecule has 0 aliphatic heterocycles. The first-order valence-electron chi connectivity index (χ1n) is 7.03. The largest absolute Gasteiger partial charge is 0.351 e. The average molecular weight is 410 g/mol. The molecule has 10 heteroatoms. The van der Waals surface area contributed by atoms with Crippen LogP contribution in [0, 0.1) is 0 Å². The van der Waals surface area contributed by atoms with Gasteiger partial charge in [0.25, 0.3) is 5.91 Å². The smallest absolute Gasteiger partial charge is 0.262 e. The maximum atomic E-state index is 12.4. The highest BCUT2D eigenvalue weighted by atomic mass is 35.5. The number of hydrogen-bond donors (Lipinski definition) is 3. The number of nitrogens with two attached hydrogens (primary N) is 1. The average Bonchev–Trinajstić information content (AvgIpc) is 3.16. The first kappa shape index (κ1) is 21.1. The number of halogens is 1. The molecule has 0 aromatic carbocycles. The molecule has 0 aliphatic carbocycles. The van der Waals surface area contributed by atoms with Crippen molar-refractivity contribution in [1.29, 1.82) is 0 Å². The Bertz CT molecular complexity index is 742. The van der Waals surface area contributed by atoms with E-state index in [-0.39, 0.29) is 34.8 Å². The minimum Gasteiger partial charge on any atom is -0.351 e. The van der Waals surface area contributed by atoms with Crippen molar-refractivity contribution in [3.63, 3.8) is 0 Å². The normalized spacial score (nSPS) is 12.4. The maximum absolute atomic E-state index is 12.4. The van der Waals surface area contributed by atoms with Crippen molar-refractivity contribution in [2.75, 3.05) is 6.54 Å². The Morgan fingerprint density at radius 1 is 1.29 bits per heavy atom. The molecule has 0 radical (unpaired) electrons. The molecule has 2 rings (SSSR count). The third kappa shape index (κ3) is 5.83. The van der Waals surface area contributed by atoms with Crippen molar-refractivity contribution in [2.45, 2.75) is 30.8 Å². The molecule has 0 fully saturated rings. The highest BCUT2D eigenvalue weighted by molar-refractivity contribution is 7.89. The van der Waals surface area contributed by atoms with Crippen LogP contribution in [-0.4, -0.2) is 26.9 Å². The molecular formula is C14H20ClN3O3S3. The Morgan fingerprint density at radius 3 is 2.67 bits per heavy atom. The summed E-state index contributed by atoms with van der Waals surface area (Å²) >= 11 is 2.58. The summed E-state index contributed by atoms with van der Waals surface area (Å²) in [6, 6.07) is 5.13. The van der Waals surface area contributed by atoms with Gasteiger partial charge in [-0.1, -0.05) is 6.07 Å². The Balaban J connectivity index is 0.00000288. The van der Waals surface area contributed by atoms with Crippen LogP contribution in [0.2, 0.25) is 0 Å². The van der Waals surface area contributed by atoms with Crippen LogP contribution < -0.4 is 15.8 Å². The Labute approximate surface area is 155 Å². The second-order valence-electron chi connectivity index (χ2n) is 5.04. The summed E-state index contributed by atoms with van der Waals surface area (Å²) in [6.07, 6.45) is 0.635. The van der Waals surface area contributed by atoms with E-state index in [0.717, 1.165) is 16.2 Å². The summed E-state index contributed by atoms with van der Waals surface area (Å²) in [4.78, 5) is 13.3. The molecule has 2 heterocycles. The van der Waals surface area contributed by atoms with Gasteiger partial charge in [-0.05, 0) is 36.2 Å². The molecule has 0 saturated carbocycles. The van der Waals surface area contributed by atoms with Crippen LogP contribution in [0.5, 0.6) is 0 Å². The van der Waals surface area contributed by atoms with Gasteiger partial charge in [0.05, 0.1) is 0 Å². The summed E-state index contributed by atoms with van der Waals surface area (Å²) in [5.74, 6) is -0.392. The van der Waals surface area contributed by atoms with Crippen LogP contribution in [-0.2, 0) is 16.6 Å². The van der Waals surface area contributed by atoms with Crippen LogP contribution in [0.1, 0.15) is 27.9 Å². The lowest BCUT2D eigenvalue weighted by Gasteiger charge is -2.09. The van der Waals surface area contributed by atoms with Crippen LogP contribution >= 0.6 is 35.1 Å². The van der Waals surface area contributed by atoms with E-state index in [9.17, 15) is 13.2 Å². The van der Waals surface area contributed by atoms with Gasteiger partial charge in [0.1, 0.15) is 9.77 Å². The molecule has 0 bridgehead atoms. The number of nitrogens with one attached hydrogen (secondary N) is 2. The highest BCUT2D eigenvalue weighted by Crippen LogP contribution is 2.22. The molecule has 0 saturated heterocycles. The molecule has 1 amide bonds. The predicted octanol–water partition coefficient (Wildman–Crippen LogP) is 2.18. The van der Waals surface area contributed by atoms with Crippen molar-refractivity contribution in [1.82, 2.24) is 10.0 Å². The molecule has 0 spiro atoms. The SMILES string of the molecule is CC(N)CCNC(=O)c1sccc1S(=O)(=O)NCc1cccs1.Cl.